The van der Waals surface area contributed by atoms with Crippen molar-refractivity contribution in [2.24, 2.45) is 5.92 Å². The standard InChI is InChI=1S/C25H34N8O2/c1-17-14-31(11-10-30(17)4)24-27-12-19(35-5)22(28-24)32-15-18(16-32)23(34)29-25(2,3)20-13-26-21-8-6-7-9-33(20)21/h6-9,12-13,17-18H,10-11,14-16H2,1-5H3,(H,29,34)/t17-/m1/s1. The maximum atomic E-state index is 13.1. The van der Waals surface area contributed by atoms with Crippen LogP contribution in [0.3, 0.4) is 0 Å². The molecule has 1 atom stereocenters. The van der Waals surface area contributed by atoms with Crippen LogP contribution in [0.25, 0.3) is 5.65 Å². The summed E-state index contributed by atoms with van der Waals surface area (Å²) in [6.07, 6.45) is 5.54. The number of aromatic nitrogens is 4. The zero-order valence-electron chi connectivity index (χ0n) is 21.1. The molecule has 0 saturated carbocycles. The first-order chi connectivity index (χ1) is 16.8. The molecule has 5 rings (SSSR count). The predicted octanol–water partition coefficient (Wildman–Crippen LogP) is 1.76. The molecule has 35 heavy (non-hydrogen) atoms. The Morgan fingerprint density at radius 3 is 2.66 bits per heavy atom. The Hall–Kier alpha value is -3.40. The number of carbonyl (C=O) groups is 1. The van der Waals surface area contributed by atoms with Crippen LogP contribution in [-0.4, -0.2) is 83.1 Å². The molecule has 0 radical (unpaired) electrons. The van der Waals surface area contributed by atoms with Gasteiger partial charge in [0.05, 0.1) is 36.7 Å². The number of nitrogens with zero attached hydrogens (tertiary/aromatic N) is 7. The summed E-state index contributed by atoms with van der Waals surface area (Å²) >= 11 is 0. The van der Waals surface area contributed by atoms with Gasteiger partial charge in [0.25, 0.3) is 0 Å². The van der Waals surface area contributed by atoms with Crippen molar-refractivity contribution in [3.05, 3.63) is 42.5 Å². The van der Waals surface area contributed by atoms with E-state index < -0.39 is 5.54 Å². The average Bonchev–Trinajstić information content (AvgIpc) is 3.25. The lowest BCUT2D eigenvalue weighted by Crippen LogP contribution is -2.57. The number of amides is 1. The molecule has 10 heteroatoms. The van der Waals surface area contributed by atoms with E-state index in [0.29, 0.717) is 30.8 Å². The Morgan fingerprint density at radius 2 is 1.91 bits per heavy atom. The molecule has 1 amide bonds. The maximum absolute atomic E-state index is 13.1. The summed E-state index contributed by atoms with van der Waals surface area (Å²) in [6, 6.07) is 6.31. The molecule has 5 heterocycles. The molecule has 2 saturated heterocycles. The van der Waals surface area contributed by atoms with Crippen molar-refractivity contribution in [3.63, 3.8) is 0 Å². The van der Waals surface area contributed by atoms with Crippen molar-refractivity contribution in [1.82, 2.24) is 29.6 Å². The number of pyridine rings is 1. The highest BCUT2D eigenvalue weighted by Crippen LogP contribution is 2.33. The van der Waals surface area contributed by atoms with Crippen LogP contribution in [-0.2, 0) is 10.3 Å². The van der Waals surface area contributed by atoms with Crippen LogP contribution in [0.1, 0.15) is 26.5 Å². The van der Waals surface area contributed by atoms with Crippen molar-refractivity contribution in [2.45, 2.75) is 32.4 Å². The second-order valence-electron chi connectivity index (χ2n) is 10.1. The Kier molecular flexibility index (Phi) is 6.00. The van der Waals surface area contributed by atoms with Gasteiger partial charge in [0.1, 0.15) is 5.65 Å². The second kappa shape index (κ2) is 8.99. The molecule has 186 valence electrons. The molecule has 0 spiro atoms. The van der Waals surface area contributed by atoms with Crippen molar-refractivity contribution < 1.29 is 9.53 Å². The lowest BCUT2D eigenvalue weighted by molar-refractivity contribution is -0.127. The van der Waals surface area contributed by atoms with Crippen LogP contribution in [0.4, 0.5) is 11.8 Å². The van der Waals surface area contributed by atoms with Gasteiger partial charge in [-0.25, -0.2) is 9.97 Å². The summed E-state index contributed by atoms with van der Waals surface area (Å²) in [6.45, 7) is 10.1. The smallest absolute Gasteiger partial charge is 0.227 e. The minimum atomic E-state index is -0.559. The summed E-state index contributed by atoms with van der Waals surface area (Å²) in [5, 5.41) is 3.22. The highest BCUT2D eigenvalue weighted by molar-refractivity contribution is 5.83. The van der Waals surface area contributed by atoms with Gasteiger partial charge in [0, 0.05) is 45.0 Å². The van der Waals surface area contributed by atoms with E-state index in [4.69, 9.17) is 9.72 Å². The molecule has 0 bridgehead atoms. The number of rotatable bonds is 6. The van der Waals surface area contributed by atoms with E-state index in [1.54, 1.807) is 13.3 Å². The predicted molar refractivity (Wildman–Crippen MR) is 135 cm³/mol. The van der Waals surface area contributed by atoms with Gasteiger partial charge in [-0.3, -0.25) is 4.79 Å². The van der Waals surface area contributed by atoms with Gasteiger partial charge in [-0.1, -0.05) is 6.07 Å². The van der Waals surface area contributed by atoms with Crippen molar-refractivity contribution >= 4 is 23.3 Å². The molecular formula is C25H34N8O2. The topological polar surface area (TPSA) is 91.1 Å². The van der Waals surface area contributed by atoms with Gasteiger partial charge in [0.15, 0.2) is 11.6 Å². The molecular weight excluding hydrogens is 444 g/mol. The molecule has 2 aliphatic rings. The number of imidazole rings is 1. The monoisotopic (exact) mass is 478 g/mol. The normalized spacial score (nSPS) is 19.6. The fourth-order valence-corrected chi connectivity index (χ4v) is 4.79. The summed E-state index contributed by atoms with van der Waals surface area (Å²) in [7, 11) is 3.77. The number of piperazine rings is 1. The summed E-state index contributed by atoms with van der Waals surface area (Å²) in [5.41, 5.74) is 1.25. The van der Waals surface area contributed by atoms with Gasteiger partial charge in [0.2, 0.25) is 11.9 Å². The first kappa shape index (κ1) is 23.3. The first-order valence-electron chi connectivity index (χ1n) is 12.1. The van der Waals surface area contributed by atoms with E-state index in [2.05, 4.69) is 44.0 Å². The van der Waals surface area contributed by atoms with Gasteiger partial charge in [-0.2, -0.15) is 4.98 Å². The van der Waals surface area contributed by atoms with Crippen LogP contribution in [0.2, 0.25) is 0 Å². The number of anilines is 2. The largest absolute Gasteiger partial charge is 0.491 e. The number of likely N-dealkylation sites (N-methyl/N-ethyl adjacent to an activating group) is 1. The summed E-state index contributed by atoms with van der Waals surface area (Å²) in [5.74, 6) is 1.98. The molecule has 0 aliphatic carbocycles. The molecule has 10 nitrogen and oxygen atoms in total. The third-order valence-electron chi connectivity index (χ3n) is 7.23. The number of carbonyl (C=O) groups excluding carboxylic acids is 1. The van der Waals surface area contributed by atoms with Crippen LogP contribution in [0.5, 0.6) is 5.75 Å². The quantitative estimate of drug-likeness (QED) is 0.573. The third-order valence-corrected chi connectivity index (χ3v) is 7.23. The second-order valence-corrected chi connectivity index (χ2v) is 10.1. The Morgan fingerprint density at radius 1 is 1.11 bits per heavy atom. The number of hydrogen-bond acceptors (Lipinski definition) is 8. The van der Waals surface area contributed by atoms with E-state index >= 15 is 0 Å². The van der Waals surface area contributed by atoms with Crippen molar-refractivity contribution in [1.29, 1.82) is 0 Å². The molecule has 2 aliphatic heterocycles. The zero-order valence-corrected chi connectivity index (χ0v) is 21.1. The molecule has 2 fully saturated rings. The Bertz CT molecular complexity index is 1220. The number of nitrogens with one attached hydrogen (secondary N) is 1. The van der Waals surface area contributed by atoms with Crippen LogP contribution in [0.15, 0.2) is 36.8 Å². The molecule has 1 N–H and O–H groups in total. The minimum Gasteiger partial charge on any atom is -0.491 e. The van der Waals surface area contributed by atoms with Crippen molar-refractivity contribution in [2.75, 3.05) is 56.7 Å². The number of fused-ring (bicyclic) bond motifs is 1. The van der Waals surface area contributed by atoms with Gasteiger partial charge >= 0.3 is 0 Å². The van der Waals surface area contributed by atoms with E-state index in [1.807, 2.05) is 48.8 Å². The fourth-order valence-electron chi connectivity index (χ4n) is 4.79. The Labute approximate surface area is 205 Å². The number of methoxy groups -OCH3 is 1. The molecule has 3 aromatic heterocycles. The molecule has 0 unspecified atom stereocenters. The van der Waals surface area contributed by atoms with Crippen LogP contribution in [0, 0.1) is 5.92 Å². The van der Waals surface area contributed by atoms with Crippen LogP contribution < -0.4 is 19.9 Å². The fraction of sp³-hybridized carbons (Fsp3) is 0.520. The van der Waals surface area contributed by atoms with E-state index in [0.717, 1.165) is 36.8 Å². The highest BCUT2D eigenvalue weighted by atomic mass is 16.5. The van der Waals surface area contributed by atoms with Gasteiger partial charge in [-0.05, 0) is 40.0 Å². The average molecular weight is 479 g/mol. The molecule has 0 aromatic carbocycles. The minimum absolute atomic E-state index is 0.0262. The summed E-state index contributed by atoms with van der Waals surface area (Å²) in [4.78, 5) is 33.7. The van der Waals surface area contributed by atoms with Gasteiger partial charge in [-0.15, -0.1) is 0 Å². The maximum Gasteiger partial charge on any atom is 0.227 e. The highest BCUT2D eigenvalue weighted by Gasteiger charge is 2.38. The molecule has 3 aromatic rings. The first-order valence-corrected chi connectivity index (χ1v) is 12.1. The SMILES string of the molecule is COc1cnc(N2CCN(C)[C@H](C)C2)nc1N1CC(C(=O)NC(C)(C)c2cnc3ccccn23)C1. The van der Waals surface area contributed by atoms with Gasteiger partial charge < -0.3 is 29.2 Å². The Balaban J connectivity index is 1.26. The van der Waals surface area contributed by atoms with E-state index in [9.17, 15) is 4.79 Å². The van der Waals surface area contributed by atoms with Crippen LogP contribution >= 0.6 is 0 Å². The van der Waals surface area contributed by atoms with E-state index in [1.165, 1.54) is 0 Å². The third kappa shape index (κ3) is 4.38. The zero-order chi connectivity index (χ0) is 24.7. The van der Waals surface area contributed by atoms with Crippen molar-refractivity contribution in [3.8, 4) is 5.75 Å². The summed E-state index contributed by atoms with van der Waals surface area (Å²) < 4.78 is 7.56. The lowest BCUT2D eigenvalue weighted by atomic mass is 9.95. The lowest BCUT2D eigenvalue weighted by Gasteiger charge is -2.41. The number of ether oxygens (including phenoxy) is 1. The number of hydrogen-bond donors (Lipinski definition) is 1. The van der Waals surface area contributed by atoms with E-state index in [-0.39, 0.29) is 11.8 Å².